The highest BCUT2D eigenvalue weighted by Crippen LogP contribution is 2.42. The van der Waals surface area contributed by atoms with Gasteiger partial charge in [-0.05, 0) is 30.7 Å². The van der Waals surface area contributed by atoms with E-state index in [0.717, 1.165) is 12.7 Å². The van der Waals surface area contributed by atoms with Crippen LogP contribution >= 0.6 is 23.4 Å². The molecule has 0 atom stereocenters. The molecule has 1 aliphatic rings. The lowest BCUT2D eigenvalue weighted by Crippen LogP contribution is -2.40. The molecule has 6 heteroatoms. The summed E-state index contributed by atoms with van der Waals surface area (Å²) >= 11 is 7.44. The van der Waals surface area contributed by atoms with Crippen LogP contribution in [0, 0.1) is 5.82 Å². The zero-order valence-corrected chi connectivity index (χ0v) is 10.5. The highest BCUT2D eigenvalue weighted by molar-refractivity contribution is 8.00. The number of hydrogen-bond donors (Lipinski definition) is 1. The van der Waals surface area contributed by atoms with Gasteiger partial charge in [0.2, 0.25) is 5.28 Å². The molecule has 0 bridgehead atoms. The number of hydrogen-bond acceptors (Lipinski definition) is 4. The van der Waals surface area contributed by atoms with Crippen molar-refractivity contribution in [3.05, 3.63) is 17.3 Å². The van der Waals surface area contributed by atoms with E-state index in [0.29, 0.717) is 0 Å². The summed E-state index contributed by atoms with van der Waals surface area (Å²) in [6.07, 6.45) is 6.76. The fourth-order valence-electron chi connectivity index (χ4n) is 1.74. The number of thioether (sulfide) groups is 1. The molecule has 2 rings (SSSR count). The minimum Gasteiger partial charge on any atom is -0.366 e. The number of anilines is 1. The molecule has 1 saturated carbocycles. The highest BCUT2D eigenvalue weighted by Gasteiger charge is 2.36. The molecule has 1 aromatic rings. The largest absolute Gasteiger partial charge is 0.366 e. The Morgan fingerprint density at radius 1 is 1.62 bits per heavy atom. The Hall–Kier alpha value is -0.550. The van der Waals surface area contributed by atoms with E-state index in [1.807, 2.05) is 11.8 Å². The molecule has 0 amide bonds. The molecule has 1 aromatic heterocycles. The van der Waals surface area contributed by atoms with Gasteiger partial charge < -0.3 is 5.32 Å². The summed E-state index contributed by atoms with van der Waals surface area (Å²) in [6, 6.07) is 0. The minimum absolute atomic E-state index is 0.0655. The van der Waals surface area contributed by atoms with E-state index in [-0.39, 0.29) is 15.8 Å². The molecule has 3 nitrogen and oxygen atoms in total. The first-order valence-corrected chi connectivity index (χ1v) is 6.72. The Bertz CT molecular complexity index is 379. The van der Waals surface area contributed by atoms with Gasteiger partial charge in [0, 0.05) is 11.3 Å². The van der Waals surface area contributed by atoms with Crippen LogP contribution in [0.4, 0.5) is 10.2 Å². The van der Waals surface area contributed by atoms with Crippen molar-refractivity contribution in [2.45, 2.75) is 24.0 Å². The molecule has 0 radical (unpaired) electrons. The Balaban J connectivity index is 2.01. The van der Waals surface area contributed by atoms with E-state index in [1.165, 1.54) is 19.3 Å². The Morgan fingerprint density at radius 2 is 2.38 bits per heavy atom. The van der Waals surface area contributed by atoms with Gasteiger partial charge in [-0.1, -0.05) is 6.42 Å². The van der Waals surface area contributed by atoms with Gasteiger partial charge in [-0.15, -0.1) is 0 Å². The highest BCUT2D eigenvalue weighted by atomic mass is 35.5. The van der Waals surface area contributed by atoms with Gasteiger partial charge in [0.05, 0.1) is 6.20 Å². The van der Waals surface area contributed by atoms with Crippen LogP contribution in [0.2, 0.25) is 5.28 Å². The summed E-state index contributed by atoms with van der Waals surface area (Å²) < 4.78 is 13.6. The predicted molar refractivity (Wildman–Crippen MR) is 65.6 cm³/mol. The van der Waals surface area contributed by atoms with Gasteiger partial charge in [0.15, 0.2) is 11.6 Å². The van der Waals surface area contributed by atoms with Crippen LogP contribution in [0.25, 0.3) is 0 Å². The van der Waals surface area contributed by atoms with Crippen molar-refractivity contribution in [1.82, 2.24) is 9.97 Å². The summed E-state index contributed by atoms with van der Waals surface area (Å²) in [5.41, 5.74) is 0. The van der Waals surface area contributed by atoms with Crippen molar-refractivity contribution in [1.29, 1.82) is 0 Å². The topological polar surface area (TPSA) is 37.8 Å². The smallest absolute Gasteiger partial charge is 0.224 e. The average Bonchev–Trinajstić information content (AvgIpc) is 2.22. The number of aromatic nitrogens is 2. The summed E-state index contributed by atoms with van der Waals surface area (Å²) in [5.74, 6) is -0.264. The third-order valence-electron chi connectivity index (χ3n) is 2.99. The molecule has 0 spiro atoms. The lowest BCUT2D eigenvalue weighted by atomic mass is 9.84. The maximum atomic E-state index is 13.3. The lowest BCUT2D eigenvalue weighted by molar-refractivity contribution is 0.379. The monoisotopic (exact) mass is 261 g/mol. The molecule has 0 aromatic carbocycles. The minimum atomic E-state index is -0.458. The quantitative estimate of drug-likeness (QED) is 0.846. The SMILES string of the molecule is CSC1(CNc2nc(Cl)ncc2F)CCC1. The van der Waals surface area contributed by atoms with Crippen LogP contribution in [-0.4, -0.2) is 27.5 Å². The summed E-state index contributed by atoms with van der Waals surface area (Å²) in [5, 5.41) is 3.08. The van der Waals surface area contributed by atoms with E-state index in [9.17, 15) is 4.39 Å². The van der Waals surface area contributed by atoms with Crippen LogP contribution in [0.5, 0.6) is 0 Å². The van der Waals surface area contributed by atoms with Crippen molar-refractivity contribution in [2.24, 2.45) is 0 Å². The second-order valence-electron chi connectivity index (χ2n) is 3.93. The summed E-state index contributed by atoms with van der Waals surface area (Å²) in [6.45, 7) is 0.721. The van der Waals surface area contributed by atoms with E-state index >= 15 is 0 Å². The molecule has 1 aliphatic carbocycles. The molecule has 0 unspecified atom stereocenters. The van der Waals surface area contributed by atoms with Gasteiger partial charge in [-0.3, -0.25) is 0 Å². The van der Waals surface area contributed by atoms with Gasteiger partial charge in [0.25, 0.3) is 0 Å². The Morgan fingerprint density at radius 3 is 2.94 bits per heavy atom. The number of rotatable bonds is 4. The first-order valence-electron chi connectivity index (χ1n) is 5.12. The standard InChI is InChI=1S/C10H13ClFN3S/c1-16-10(3-2-4-10)6-14-8-7(12)5-13-9(11)15-8/h5H,2-4,6H2,1H3,(H,13,14,15). The summed E-state index contributed by atoms with van der Waals surface area (Å²) in [4.78, 5) is 7.40. The fourth-order valence-corrected chi connectivity index (χ4v) is 2.79. The van der Waals surface area contributed by atoms with Crippen molar-refractivity contribution in [3.8, 4) is 0 Å². The predicted octanol–water partition coefficient (Wildman–Crippen LogP) is 2.97. The maximum absolute atomic E-state index is 13.3. The molecule has 1 fully saturated rings. The molecule has 88 valence electrons. The molecule has 16 heavy (non-hydrogen) atoms. The van der Waals surface area contributed by atoms with Crippen LogP contribution in [0.1, 0.15) is 19.3 Å². The third kappa shape index (κ3) is 2.40. The molecular weight excluding hydrogens is 249 g/mol. The molecular formula is C10H13ClFN3S. The van der Waals surface area contributed by atoms with Crippen LogP contribution in [0.3, 0.4) is 0 Å². The molecule has 1 N–H and O–H groups in total. The van der Waals surface area contributed by atoms with Gasteiger partial charge in [-0.2, -0.15) is 16.7 Å². The van der Waals surface area contributed by atoms with Crippen molar-refractivity contribution in [3.63, 3.8) is 0 Å². The second kappa shape index (κ2) is 4.75. The van der Waals surface area contributed by atoms with E-state index in [2.05, 4.69) is 21.5 Å². The first-order chi connectivity index (χ1) is 7.65. The molecule has 0 aliphatic heterocycles. The van der Waals surface area contributed by atoms with Crippen molar-refractivity contribution < 1.29 is 4.39 Å². The number of halogens is 2. The average molecular weight is 262 g/mol. The van der Waals surface area contributed by atoms with E-state index in [4.69, 9.17) is 11.6 Å². The third-order valence-corrected chi connectivity index (χ3v) is 4.59. The van der Waals surface area contributed by atoms with Crippen LogP contribution in [0.15, 0.2) is 6.20 Å². The van der Waals surface area contributed by atoms with Crippen molar-refractivity contribution in [2.75, 3.05) is 18.1 Å². The normalized spacial score (nSPS) is 17.9. The molecule has 1 heterocycles. The Kier molecular flexibility index (Phi) is 3.54. The first kappa shape index (κ1) is 11.9. The fraction of sp³-hybridized carbons (Fsp3) is 0.600. The van der Waals surface area contributed by atoms with Crippen molar-refractivity contribution >= 4 is 29.2 Å². The number of nitrogens with zero attached hydrogens (tertiary/aromatic N) is 2. The van der Waals surface area contributed by atoms with E-state index < -0.39 is 5.82 Å². The zero-order chi connectivity index (χ0) is 11.6. The molecule has 0 saturated heterocycles. The van der Waals surface area contributed by atoms with Gasteiger partial charge in [0.1, 0.15) is 0 Å². The van der Waals surface area contributed by atoms with Crippen LogP contribution < -0.4 is 5.32 Å². The summed E-state index contributed by atoms with van der Waals surface area (Å²) in [7, 11) is 0. The number of nitrogens with one attached hydrogen (secondary N) is 1. The Labute approximate surface area is 103 Å². The van der Waals surface area contributed by atoms with Crippen LogP contribution in [-0.2, 0) is 0 Å². The maximum Gasteiger partial charge on any atom is 0.224 e. The van der Waals surface area contributed by atoms with Gasteiger partial charge >= 0.3 is 0 Å². The zero-order valence-electron chi connectivity index (χ0n) is 8.96. The second-order valence-corrected chi connectivity index (χ2v) is 5.54. The van der Waals surface area contributed by atoms with E-state index in [1.54, 1.807) is 0 Å². The van der Waals surface area contributed by atoms with Gasteiger partial charge in [-0.25, -0.2) is 9.37 Å². The lowest BCUT2D eigenvalue weighted by Gasteiger charge is -2.40.